The number of ether oxygens (including phenoxy) is 1. The average molecular weight is 351 g/mol. The van der Waals surface area contributed by atoms with Gasteiger partial charge in [0.1, 0.15) is 5.82 Å². The van der Waals surface area contributed by atoms with E-state index in [1.54, 1.807) is 12.4 Å². The smallest absolute Gasteiger partial charge is 0.253 e. The first-order chi connectivity index (χ1) is 12.7. The van der Waals surface area contributed by atoms with Crippen molar-refractivity contribution >= 4 is 22.6 Å². The lowest BCUT2D eigenvalue weighted by Crippen LogP contribution is -2.36. The van der Waals surface area contributed by atoms with E-state index in [0.29, 0.717) is 25.3 Å². The van der Waals surface area contributed by atoms with E-state index in [1.807, 2.05) is 31.2 Å². The number of carbonyl (C=O) groups excluding carboxylic acids is 1. The Bertz CT molecular complexity index is 931. The highest BCUT2D eigenvalue weighted by Gasteiger charge is 2.14. The largest absolute Gasteiger partial charge is 0.378 e. The predicted octanol–water partition coefficient (Wildman–Crippen LogP) is 2.03. The summed E-state index contributed by atoms with van der Waals surface area (Å²) in [6.45, 7) is 5.41. The highest BCUT2D eigenvalue weighted by molar-refractivity contribution is 5.94. The Hall–Kier alpha value is -2.93. The maximum Gasteiger partial charge on any atom is 0.253 e. The number of hydrogen-bond acceptors (Lipinski definition) is 5. The van der Waals surface area contributed by atoms with Gasteiger partial charge in [-0.1, -0.05) is 6.07 Å². The Morgan fingerprint density at radius 1 is 1.27 bits per heavy atom. The van der Waals surface area contributed by atoms with Crippen molar-refractivity contribution in [3.63, 3.8) is 0 Å². The number of H-pyrrole nitrogens is 1. The monoisotopic (exact) mass is 351 g/mol. The molecule has 134 valence electrons. The lowest BCUT2D eigenvalue weighted by atomic mass is 10.2. The number of carbonyl (C=O) groups is 1. The van der Waals surface area contributed by atoms with Crippen LogP contribution in [0.5, 0.6) is 0 Å². The number of benzene rings is 1. The summed E-state index contributed by atoms with van der Waals surface area (Å²) in [7, 11) is 0. The zero-order valence-electron chi connectivity index (χ0n) is 14.7. The van der Waals surface area contributed by atoms with E-state index < -0.39 is 0 Å². The maximum absolute atomic E-state index is 12.5. The van der Waals surface area contributed by atoms with Crippen LogP contribution in [0.2, 0.25) is 0 Å². The molecule has 4 rings (SSSR count). The van der Waals surface area contributed by atoms with E-state index >= 15 is 0 Å². The lowest BCUT2D eigenvalue weighted by molar-refractivity contribution is 0.0950. The molecule has 3 heterocycles. The van der Waals surface area contributed by atoms with Gasteiger partial charge in [0, 0.05) is 25.8 Å². The zero-order chi connectivity index (χ0) is 17.9. The summed E-state index contributed by atoms with van der Waals surface area (Å²) in [6, 6.07) is 7.83. The molecule has 0 radical (unpaired) electrons. The third-order valence-corrected chi connectivity index (χ3v) is 4.48. The first-order valence-corrected chi connectivity index (χ1v) is 8.70. The van der Waals surface area contributed by atoms with Crippen LogP contribution >= 0.6 is 0 Å². The Labute approximate surface area is 151 Å². The van der Waals surface area contributed by atoms with Crippen LogP contribution < -0.4 is 10.2 Å². The van der Waals surface area contributed by atoms with Crippen molar-refractivity contribution in [1.82, 2.24) is 20.3 Å². The molecule has 1 fully saturated rings. The van der Waals surface area contributed by atoms with Gasteiger partial charge >= 0.3 is 0 Å². The molecule has 2 N–H and O–H groups in total. The van der Waals surface area contributed by atoms with Crippen LogP contribution in [0.1, 0.15) is 21.7 Å². The minimum Gasteiger partial charge on any atom is -0.378 e. The van der Waals surface area contributed by atoms with Crippen LogP contribution in [0.4, 0.5) is 5.69 Å². The topological polar surface area (TPSA) is 83.1 Å². The second-order valence-electron chi connectivity index (χ2n) is 6.39. The van der Waals surface area contributed by atoms with E-state index in [4.69, 9.17) is 4.74 Å². The molecular weight excluding hydrogens is 330 g/mol. The molecule has 0 spiro atoms. The molecule has 1 aliphatic heterocycles. The number of imidazole rings is 1. The normalized spacial score (nSPS) is 14.6. The van der Waals surface area contributed by atoms with E-state index in [0.717, 1.165) is 41.2 Å². The number of aryl methyl sites for hydroxylation is 1. The Balaban J connectivity index is 1.43. The van der Waals surface area contributed by atoms with Crippen LogP contribution in [-0.4, -0.2) is 47.2 Å². The van der Waals surface area contributed by atoms with Crippen LogP contribution in [0.3, 0.4) is 0 Å². The van der Waals surface area contributed by atoms with Crippen molar-refractivity contribution < 1.29 is 9.53 Å². The SMILES string of the molecule is Cc1nc2ccc(CNC(=O)c3cncc(N4CCOCC4)c3)cc2[nH]1. The standard InChI is InChI=1S/C19H21N5O2/c1-13-22-17-3-2-14(8-18(17)23-13)10-21-19(25)15-9-16(12-20-11-15)24-4-6-26-7-5-24/h2-3,8-9,11-12H,4-7,10H2,1H3,(H,21,25)(H,22,23). The minimum absolute atomic E-state index is 0.131. The van der Waals surface area contributed by atoms with Gasteiger partial charge in [0.05, 0.1) is 41.7 Å². The fourth-order valence-corrected chi connectivity index (χ4v) is 3.13. The molecule has 0 bridgehead atoms. The fraction of sp³-hybridized carbons (Fsp3) is 0.316. The van der Waals surface area contributed by atoms with Gasteiger partial charge in [-0.15, -0.1) is 0 Å². The molecule has 1 aromatic carbocycles. The number of hydrogen-bond donors (Lipinski definition) is 2. The van der Waals surface area contributed by atoms with Crippen LogP contribution in [0.15, 0.2) is 36.7 Å². The summed E-state index contributed by atoms with van der Waals surface area (Å²) < 4.78 is 5.37. The molecule has 2 aromatic heterocycles. The van der Waals surface area contributed by atoms with Crippen LogP contribution in [-0.2, 0) is 11.3 Å². The molecule has 26 heavy (non-hydrogen) atoms. The average Bonchev–Trinajstić information content (AvgIpc) is 3.06. The summed E-state index contributed by atoms with van der Waals surface area (Å²) in [6.07, 6.45) is 3.39. The van der Waals surface area contributed by atoms with Crippen LogP contribution in [0.25, 0.3) is 11.0 Å². The third-order valence-electron chi connectivity index (χ3n) is 4.48. The number of anilines is 1. The third kappa shape index (κ3) is 3.52. The number of morpholine rings is 1. The molecule has 0 saturated carbocycles. The number of nitrogens with zero attached hydrogens (tertiary/aromatic N) is 3. The molecule has 7 heteroatoms. The summed E-state index contributed by atoms with van der Waals surface area (Å²) >= 11 is 0. The molecular formula is C19H21N5O2. The van der Waals surface area contributed by atoms with Gasteiger partial charge in [-0.05, 0) is 30.7 Å². The first-order valence-electron chi connectivity index (χ1n) is 8.70. The number of fused-ring (bicyclic) bond motifs is 1. The van der Waals surface area contributed by atoms with Gasteiger partial charge in [-0.3, -0.25) is 9.78 Å². The molecule has 7 nitrogen and oxygen atoms in total. The predicted molar refractivity (Wildman–Crippen MR) is 99.3 cm³/mol. The Morgan fingerprint density at radius 3 is 2.96 bits per heavy atom. The summed E-state index contributed by atoms with van der Waals surface area (Å²) in [5.74, 6) is 0.751. The van der Waals surface area contributed by atoms with Crippen molar-refractivity contribution in [2.45, 2.75) is 13.5 Å². The minimum atomic E-state index is -0.131. The van der Waals surface area contributed by atoms with Gasteiger partial charge in [0.2, 0.25) is 0 Å². The number of rotatable bonds is 4. The Morgan fingerprint density at radius 2 is 2.12 bits per heavy atom. The Kier molecular flexibility index (Phi) is 4.53. The zero-order valence-corrected chi connectivity index (χ0v) is 14.7. The highest BCUT2D eigenvalue weighted by atomic mass is 16.5. The first kappa shape index (κ1) is 16.5. The van der Waals surface area contributed by atoms with E-state index in [-0.39, 0.29) is 5.91 Å². The second kappa shape index (κ2) is 7.13. The van der Waals surface area contributed by atoms with Gasteiger partial charge in [0.15, 0.2) is 0 Å². The van der Waals surface area contributed by atoms with E-state index in [9.17, 15) is 4.79 Å². The number of amides is 1. The van der Waals surface area contributed by atoms with Crippen molar-refractivity contribution in [3.8, 4) is 0 Å². The fourth-order valence-electron chi connectivity index (χ4n) is 3.13. The van der Waals surface area contributed by atoms with Gasteiger partial charge in [0.25, 0.3) is 5.91 Å². The second-order valence-corrected chi connectivity index (χ2v) is 6.39. The van der Waals surface area contributed by atoms with Crippen LogP contribution in [0, 0.1) is 6.92 Å². The summed E-state index contributed by atoms with van der Waals surface area (Å²) in [5, 5.41) is 2.96. The van der Waals surface area contributed by atoms with Crippen molar-refractivity contribution in [2.75, 3.05) is 31.2 Å². The molecule has 3 aromatic rings. The van der Waals surface area contributed by atoms with Crippen molar-refractivity contribution in [2.24, 2.45) is 0 Å². The maximum atomic E-state index is 12.5. The number of nitrogens with one attached hydrogen (secondary N) is 2. The molecule has 1 amide bonds. The van der Waals surface area contributed by atoms with E-state index in [2.05, 4.69) is 25.2 Å². The molecule has 0 aliphatic carbocycles. The van der Waals surface area contributed by atoms with Gasteiger partial charge in [-0.2, -0.15) is 0 Å². The molecule has 0 unspecified atom stereocenters. The van der Waals surface area contributed by atoms with Crippen molar-refractivity contribution in [1.29, 1.82) is 0 Å². The lowest BCUT2D eigenvalue weighted by Gasteiger charge is -2.28. The molecule has 1 aliphatic rings. The quantitative estimate of drug-likeness (QED) is 0.751. The molecule has 0 atom stereocenters. The van der Waals surface area contributed by atoms with Crippen molar-refractivity contribution in [3.05, 3.63) is 53.6 Å². The summed E-state index contributed by atoms with van der Waals surface area (Å²) in [5.41, 5.74) is 4.44. The van der Waals surface area contributed by atoms with E-state index in [1.165, 1.54) is 0 Å². The number of aromatic amines is 1. The highest BCUT2D eigenvalue weighted by Crippen LogP contribution is 2.17. The summed E-state index contributed by atoms with van der Waals surface area (Å²) in [4.78, 5) is 26.5. The van der Waals surface area contributed by atoms with Gasteiger partial charge in [-0.25, -0.2) is 4.98 Å². The van der Waals surface area contributed by atoms with Gasteiger partial charge < -0.3 is 19.9 Å². The molecule has 1 saturated heterocycles. The number of aromatic nitrogens is 3. The number of pyridine rings is 1.